The molecule has 160 valence electrons. The van der Waals surface area contributed by atoms with E-state index in [-0.39, 0.29) is 23.8 Å². The Balaban J connectivity index is 1.35. The number of para-hydroxylation sites is 1. The van der Waals surface area contributed by atoms with Gasteiger partial charge in [0.25, 0.3) is 5.91 Å². The minimum Gasteiger partial charge on any atom is -0.357 e. The molecule has 0 bridgehead atoms. The van der Waals surface area contributed by atoms with Crippen molar-refractivity contribution in [2.24, 2.45) is 5.92 Å². The summed E-state index contributed by atoms with van der Waals surface area (Å²) in [6, 6.07) is 13.1. The highest BCUT2D eigenvalue weighted by Crippen LogP contribution is 2.25. The average molecular weight is 418 g/mol. The van der Waals surface area contributed by atoms with Crippen LogP contribution in [0.1, 0.15) is 54.4 Å². The largest absolute Gasteiger partial charge is 0.357 e. The fraction of sp³-hybridized carbons (Fsp3) is 0.417. The summed E-state index contributed by atoms with van der Waals surface area (Å²) in [5.74, 6) is 0.547. The third-order valence-electron chi connectivity index (χ3n) is 6.19. The third kappa shape index (κ3) is 5.02. The predicted octanol–water partition coefficient (Wildman–Crippen LogP) is 3.48. The summed E-state index contributed by atoms with van der Waals surface area (Å²) in [7, 11) is 0. The quantitative estimate of drug-likeness (QED) is 0.776. The number of hydrogen-bond acceptors (Lipinski definition) is 5. The van der Waals surface area contributed by atoms with Crippen molar-refractivity contribution in [3.63, 3.8) is 0 Å². The molecule has 7 heteroatoms. The lowest BCUT2D eigenvalue weighted by molar-refractivity contribution is -0.120. The number of nitrogens with one attached hydrogen (secondary N) is 2. The van der Waals surface area contributed by atoms with Crippen LogP contribution in [0.4, 0.5) is 11.5 Å². The van der Waals surface area contributed by atoms with Crippen LogP contribution >= 0.6 is 0 Å². The first kappa shape index (κ1) is 20.9. The monoisotopic (exact) mass is 417 g/mol. The Morgan fingerprint density at radius 1 is 1.03 bits per heavy atom. The zero-order valence-corrected chi connectivity index (χ0v) is 17.5. The van der Waals surface area contributed by atoms with E-state index in [1.807, 2.05) is 18.2 Å². The molecule has 2 aliphatic rings. The van der Waals surface area contributed by atoms with Gasteiger partial charge in [-0.05, 0) is 49.9 Å². The van der Waals surface area contributed by atoms with E-state index in [2.05, 4.69) is 26.6 Å². The maximum Gasteiger partial charge on any atom is 0.253 e. The van der Waals surface area contributed by atoms with Crippen LogP contribution in [-0.2, 0) is 4.79 Å². The van der Waals surface area contributed by atoms with E-state index < -0.39 is 0 Å². The molecule has 1 saturated carbocycles. The Bertz CT molecular complexity index is 968. The van der Waals surface area contributed by atoms with Gasteiger partial charge in [-0.15, -0.1) is 0 Å². The second-order valence-electron chi connectivity index (χ2n) is 8.27. The highest BCUT2D eigenvalue weighted by molar-refractivity contribution is 6.04. The number of nitrogens with zero attached hydrogens (tertiary/aromatic N) is 3. The van der Waals surface area contributed by atoms with Crippen LogP contribution in [0.2, 0.25) is 0 Å². The summed E-state index contributed by atoms with van der Waals surface area (Å²) in [5, 5.41) is 15.0. The predicted molar refractivity (Wildman–Crippen MR) is 119 cm³/mol. The van der Waals surface area contributed by atoms with Gasteiger partial charge in [-0.3, -0.25) is 9.59 Å². The highest BCUT2D eigenvalue weighted by Gasteiger charge is 2.27. The minimum absolute atomic E-state index is 0.0476. The summed E-state index contributed by atoms with van der Waals surface area (Å²) < 4.78 is 0. The number of carbonyl (C=O) groups excluding carboxylic acids is 2. The molecule has 7 nitrogen and oxygen atoms in total. The Morgan fingerprint density at radius 3 is 2.45 bits per heavy atom. The van der Waals surface area contributed by atoms with Gasteiger partial charge < -0.3 is 15.5 Å². The molecular formula is C24H27N5O2. The number of anilines is 2. The average Bonchev–Trinajstić information content (AvgIpc) is 3.32. The minimum atomic E-state index is -0.121. The van der Waals surface area contributed by atoms with E-state index in [1.165, 1.54) is 0 Å². The molecule has 2 fully saturated rings. The highest BCUT2D eigenvalue weighted by atomic mass is 16.2. The number of carbonyl (C=O) groups is 2. The summed E-state index contributed by atoms with van der Waals surface area (Å²) >= 11 is 0. The molecule has 1 aromatic heterocycles. The second kappa shape index (κ2) is 9.61. The number of aromatic nitrogens is 1. The lowest BCUT2D eigenvalue weighted by atomic mass is 9.95. The van der Waals surface area contributed by atoms with Gasteiger partial charge >= 0.3 is 0 Å². The van der Waals surface area contributed by atoms with Gasteiger partial charge in [0.1, 0.15) is 11.9 Å². The molecular weight excluding hydrogens is 390 g/mol. The molecule has 1 aromatic carbocycles. The Kier molecular flexibility index (Phi) is 6.46. The van der Waals surface area contributed by atoms with Crippen LogP contribution in [0.25, 0.3) is 0 Å². The van der Waals surface area contributed by atoms with Crippen molar-refractivity contribution in [2.75, 3.05) is 23.3 Å². The number of rotatable bonds is 5. The normalized spacial score (nSPS) is 17.2. The van der Waals surface area contributed by atoms with Crippen LogP contribution in [-0.4, -0.2) is 35.9 Å². The molecule has 4 rings (SSSR count). The van der Waals surface area contributed by atoms with Crippen molar-refractivity contribution in [2.45, 2.75) is 44.6 Å². The summed E-state index contributed by atoms with van der Waals surface area (Å²) in [6.45, 7) is 1.45. The summed E-state index contributed by atoms with van der Waals surface area (Å²) in [5.41, 5.74) is 1.62. The molecule has 31 heavy (non-hydrogen) atoms. The molecule has 0 unspecified atom stereocenters. The Morgan fingerprint density at radius 2 is 1.77 bits per heavy atom. The van der Waals surface area contributed by atoms with Crippen molar-refractivity contribution in [1.29, 1.82) is 5.26 Å². The molecule has 1 aliphatic carbocycles. The first-order chi connectivity index (χ1) is 15.1. The van der Waals surface area contributed by atoms with E-state index in [9.17, 15) is 9.59 Å². The van der Waals surface area contributed by atoms with E-state index in [0.717, 1.165) is 44.6 Å². The van der Waals surface area contributed by atoms with Gasteiger partial charge in [0.15, 0.2) is 0 Å². The standard InChI is InChI=1S/C24H27N5O2/c25-15-17-9-10-22(26-16-17)29-13-11-18(12-14-29)23(30)28-21-8-4-3-7-20(21)24(31)27-19-5-1-2-6-19/h3-4,7-10,16,18-19H,1-2,5-6,11-14H2,(H,27,31)(H,28,30). The smallest absolute Gasteiger partial charge is 0.253 e. The fourth-order valence-electron chi connectivity index (χ4n) is 4.37. The third-order valence-corrected chi connectivity index (χ3v) is 6.19. The molecule has 2 N–H and O–H groups in total. The van der Waals surface area contributed by atoms with E-state index in [1.54, 1.807) is 24.4 Å². The van der Waals surface area contributed by atoms with Gasteiger partial charge in [0.05, 0.1) is 16.8 Å². The van der Waals surface area contributed by atoms with Crippen LogP contribution in [0.3, 0.4) is 0 Å². The maximum absolute atomic E-state index is 12.9. The molecule has 0 atom stereocenters. The van der Waals surface area contributed by atoms with Crippen molar-refractivity contribution in [3.05, 3.63) is 53.7 Å². The van der Waals surface area contributed by atoms with Crippen LogP contribution in [0.5, 0.6) is 0 Å². The second-order valence-corrected chi connectivity index (χ2v) is 8.27. The Labute approximate surface area is 182 Å². The number of hydrogen-bond donors (Lipinski definition) is 2. The number of pyridine rings is 1. The van der Waals surface area contributed by atoms with Crippen LogP contribution in [0.15, 0.2) is 42.6 Å². The zero-order valence-electron chi connectivity index (χ0n) is 17.5. The van der Waals surface area contributed by atoms with Gasteiger partial charge in [0, 0.05) is 31.2 Å². The molecule has 2 amide bonds. The number of piperidine rings is 1. The molecule has 2 heterocycles. The molecule has 0 spiro atoms. The van der Waals surface area contributed by atoms with E-state index >= 15 is 0 Å². The van der Waals surface area contributed by atoms with Crippen molar-refractivity contribution >= 4 is 23.3 Å². The summed E-state index contributed by atoms with van der Waals surface area (Å²) in [4.78, 5) is 32.1. The van der Waals surface area contributed by atoms with Gasteiger partial charge in [-0.2, -0.15) is 5.26 Å². The van der Waals surface area contributed by atoms with Crippen molar-refractivity contribution < 1.29 is 9.59 Å². The maximum atomic E-state index is 12.9. The van der Waals surface area contributed by atoms with E-state index in [0.29, 0.717) is 29.7 Å². The molecule has 0 radical (unpaired) electrons. The fourth-order valence-corrected chi connectivity index (χ4v) is 4.37. The first-order valence-corrected chi connectivity index (χ1v) is 11.0. The molecule has 1 saturated heterocycles. The van der Waals surface area contributed by atoms with Crippen molar-refractivity contribution in [1.82, 2.24) is 10.3 Å². The molecule has 1 aliphatic heterocycles. The lowest BCUT2D eigenvalue weighted by Crippen LogP contribution is -2.39. The zero-order chi connectivity index (χ0) is 21.6. The Hall–Kier alpha value is -3.40. The molecule has 2 aromatic rings. The summed E-state index contributed by atoms with van der Waals surface area (Å²) in [6.07, 6.45) is 7.34. The first-order valence-electron chi connectivity index (χ1n) is 11.0. The van der Waals surface area contributed by atoms with Gasteiger partial charge in [0.2, 0.25) is 5.91 Å². The topological polar surface area (TPSA) is 98.1 Å². The van der Waals surface area contributed by atoms with Gasteiger partial charge in [-0.25, -0.2) is 4.98 Å². The van der Waals surface area contributed by atoms with Crippen LogP contribution in [0, 0.1) is 17.2 Å². The van der Waals surface area contributed by atoms with Gasteiger partial charge in [-0.1, -0.05) is 25.0 Å². The van der Waals surface area contributed by atoms with Crippen LogP contribution < -0.4 is 15.5 Å². The number of benzene rings is 1. The number of amides is 2. The van der Waals surface area contributed by atoms with Crippen molar-refractivity contribution in [3.8, 4) is 6.07 Å². The lowest BCUT2D eigenvalue weighted by Gasteiger charge is -2.32. The number of nitriles is 1. The van der Waals surface area contributed by atoms with E-state index in [4.69, 9.17) is 5.26 Å². The SMILES string of the molecule is N#Cc1ccc(N2CCC(C(=O)Nc3ccccc3C(=O)NC3CCCC3)CC2)nc1.